The molecular formula is C13H15N3OS. The Hall–Kier alpha value is -1.88. The average Bonchev–Trinajstić information content (AvgIpc) is 2.72. The van der Waals surface area contributed by atoms with E-state index in [1.54, 1.807) is 6.92 Å². The molecule has 0 atom stereocenters. The SMILES string of the molecule is CC(=NO)c1sc(Nc2ccc(C)cc2)nc1C. The van der Waals surface area contributed by atoms with Crippen molar-refractivity contribution < 1.29 is 5.21 Å². The monoisotopic (exact) mass is 261 g/mol. The Morgan fingerprint density at radius 1 is 1.28 bits per heavy atom. The van der Waals surface area contributed by atoms with Crippen molar-refractivity contribution in [2.75, 3.05) is 5.32 Å². The first-order valence-electron chi connectivity index (χ1n) is 5.60. The van der Waals surface area contributed by atoms with Gasteiger partial charge in [-0.05, 0) is 32.9 Å². The Labute approximate surface area is 110 Å². The number of hydrogen-bond donors (Lipinski definition) is 2. The molecule has 4 nitrogen and oxygen atoms in total. The number of nitrogens with zero attached hydrogens (tertiary/aromatic N) is 2. The molecule has 0 aliphatic carbocycles. The fraction of sp³-hybridized carbons (Fsp3) is 0.231. The van der Waals surface area contributed by atoms with Crippen LogP contribution in [-0.4, -0.2) is 15.9 Å². The second-order valence-electron chi connectivity index (χ2n) is 4.11. The third-order valence-electron chi connectivity index (χ3n) is 2.58. The molecule has 0 saturated heterocycles. The summed E-state index contributed by atoms with van der Waals surface area (Å²) in [7, 11) is 0. The molecule has 2 rings (SSSR count). The second-order valence-corrected chi connectivity index (χ2v) is 5.11. The molecule has 0 aliphatic heterocycles. The van der Waals surface area contributed by atoms with Crippen LogP contribution in [0.25, 0.3) is 0 Å². The number of aromatic nitrogens is 1. The van der Waals surface area contributed by atoms with Crippen LogP contribution in [0, 0.1) is 13.8 Å². The number of aryl methyl sites for hydroxylation is 2. The maximum absolute atomic E-state index is 8.79. The maximum Gasteiger partial charge on any atom is 0.188 e. The van der Waals surface area contributed by atoms with E-state index in [4.69, 9.17) is 5.21 Å². The summed E-state index contributed by atoms with van der Waals surface area (Å²) in [5.41, 5.74) is 3.67. The van der Waals surface area contributed by atoms with Crippen molar-refractivity contribution >= 4 is 27.9 Å². The van der Waals surface area contributed by atoms with Gasteiger partial charge in [-0.2, -0.15) is 0 Å². The van der Waals surface area contributed by atoms with Gasteiger partial charge in [0.15, 0.2) is 5.13 Å². The van der Waals surface area contributed by atoms with Gasteiger partial charge in [0.05, 0.1) is 16.3 Å². The third kappa shape index (κ3) is 2.68. The molecule has 0 fully saturated rings. The zero-order valence-electron chi connectivity index (χ0n) is 10.6. The largest absolute Gasteiger partial charge is 0.411 e. The van der Waals surface area contributed by atoms with Gasteiger partial charge in [0, 0.05) is 5.69 Å². The summed E-state index contributed by atoms with van der Waals surface area (Å²) in [6.07, 6.45) is 0. The Bertz CT molecular complexity index is 572. The van der Waals surface area contributed by atoms with Crippen molar-refractivity contribution in [1.82, 2.24) is 4.98 Å². The van der Waals surface area contributed by atoms with Crippen molar-refractivity contribution in [1.29, 1.82) is 0 Å². The van der Waals surface area contributed by atoms with E-state index in [1.807, 2.05) is 31.2 Å². The van der Waals surface area contributed by atoms with Crippen molar-refractivity contribution in [3.63, 3.8) is 0 Å². The zero-order valence-corrected chi connectivity index (χ0v) is 11.4. The lowest BCUT2D eigenvalue weighted by Gasteiger charge is -2.02. The highest BCUT2D eigenvalue weighted by molar-refractivity contribution is 7.17. The summed E-state index contributed by atoms with van der Waals surface area (Å²) >= 11 is 1.48. The third-order valence-corrected chi connectivity index (χ3v) is 3.76. The Morgan fingerprint density at radius 2 is 1.94 bits per heavy atom. The highest BCUT2D eigenvalue weighted by atomic mass is 32.1. The van der Waals surface area contributed by atoms with Crippen LogP contribution < -0.4 is 5.32 Å². The first-order chi connectivity index (χ1) is 8.60. The molecule has 2 N–H and O–H groups in total. The fourth-order valence-corrected chi connectivity index (χ4v) is 2.52. The van der Waals surface area contributed by atoms with Gasteiger partial charge >= 0.3 is 0 Å². The Morgan fingerprint density at radius 3 is 2.56 bits per heavy atom. The Balaban J connectivity index is 2.23. The van der Waals surface area contributed by atoms with Crippen LogP contribution in [-0.2, 0) is 0 Å². The van der Waals surface area contributed by atoms with Gasteiger partial charge in [0.1, 0.15) is 0 Å². The van der Waals surface area contributed by atoms with Gasteiger partial charge in [-0.1, -0.05) is 34.2 Å². The molecule has 0 saturated carbocycles. The average molecular weight is 261 g/mol. The molecule has 0 spiro atoms. The summed E-state index contributed by atoms with van der Waals surface area (Å²) in [5.74, 6) is 0. The molecular weight excluding hydrogens is 246 g/mol. The number of thiazole rings is 1. The number of nitrogens with one attached hydrogen (secondary N) is 1. The first kappa shape index (κ1) is 12.6. The molecule has 0 amide bonds. The minimum absolute atomic E-state index is 0.585. The standard InChI is InChI=1S/C13H15N3OS/c1-8-4-6-11(7-5-8)15-13-14-9(2)12(18-13)10(3)16-17/h4-7,17H,1-3H3,(H,14,15). The molecule has 94 valence electrons. The molecule has 18 heavy (non-hydrogen) atoms. The van der Waals surface area contributed by atoms with Gasteiger partial charge in [0.25, 0.3) is 0 Å². The molecule has 2 aromatic rings. The highest BCUT2D eigenvalue weighted by Gasteiger charge is 2.10. The van der Waals surface area contributed by atoms with Gasteiger partial charge in [-0.25, -0.2) is 4.98 Å². The molecule has 1 heterocycles. The molecule has 0 unspecified atom stereocenters. The van der Waals surface area contributed by atoms with E-state index in [9.17, 15) is 0 Å². The fourth-order valence-electron chi connectivity index (χ4n) is 1.59. The van der Waals surface area contributed by atoms with Gasteiger partial charge in [0.2, 0.25) is 0 Å². The summed E-state index contributed by atoms with van der Waals surface area (Å²) in [5, 5.41) is 16.0. The van der Waals surface area contributed by atoms with E-state index in [0.717, 1.165) is 21.4 Å². The molecule has 0 bridgehead atoms. The van der Waals surface area contributed by atoms with E-state index in [1.165, 1.54) is 16.9 Å². The van der Waals surface area contributed by atoms with Crippen LogP contribution in [0.1, 0.15) is 23.1 Å². The molecule has 5 heteroatoms. The molecule has 0 radical (unpaired) electrons. The minimum Gasteiger partial charge on any atom is -0.411 e. The van der Waals surface area contributed by atoms with E-state index in [0.29, 0.717) is 5.71 Å². The predicted molar refractivity (Wildman–Crippen MR) is 75.3 cm³/mol. The van der Waals surface area contributed by atoms with Crippen LogP contribution in [0.4, 0.5) is 10.8 Å². The number of hydrogen-bond acceptors (Lipinski definition) is 5. The normalized spacial score (nSPS) is 11.6. The zero-order chi connectivity index (χ0) is 13.1. The number of benzene rings is 1. The second kappa shape index (κ2) is 5.18. The number of anilines is 2. The summed E-state index contributed by atoms with van der Waals surface area (Å²) in [6.45, 7) is 5.72. The smallest absolute Gasteiger partial charge is 0.188 e. The van der Waals surface area contributed by atoms with Crippen LogP contribution in [0.15, 0.2) is 29.4 Å². The topological polar surface area (TPSA) is 57.5 Å². The van der Waals surface area contributed by atoms with Gasteiger partial charge in [-0.15, -0.1) is 0 Å². The van der Waals surface area contributed by atoms with Gasteiger partial charge < -0.3 is 10.5 Å². The minimum atomic E-state index is 0.585. The molecule has 0 aliphatic rings. The van der Waals surface area contributed by atoms with E-state index >= 15 is 0 Å². The van der Waals surface area contributed by atoms with E-state index < -0.39 is 0 Å². The quantitative estimate of drug-likeness (QED) is 0.503. The van der Waals surface area contributed by atoms with Crippen LogP contribution in [0.5, 0.6) is 0 Å². The van der Waals surface area contributed by atoms with Crippen LogP contribution >= 0.6 is 11.3 Å². The molecule has 1 aromatic carbocycles. The van der Waals surface area contributed by atoms with Gasteiger partial charge in [-0.3, -0.25) is 0 Å². The van der Waals surface area contributed by atoms with E-state index in [2.05, 4.69) is 22.4 Å². The lowest BCUT2D eigenvalue weighted by Crippen LogP contribution is -1.92. The van der Waals surface area contributed by atoms with Crippen molar-refractivity contribution in [3.8, 4) is 0 Å². The van der Waals surface area contributed by atoms with E-state index in [-0.39, 0.29) is 0 Å². The summed E-state index contributed by atoms with van der Waals surface area (Å²) in [6, 6.07) is 8.12. The van der Waals surface area contributed by atoms with Crippen molar-refractivity contribution in [3.05, 3.63) is 40.4 Å². The number of oxime groups is 1. The summed E-state index contributed by atoms with van der Waals surface area (Å²) in [4.78, 5) is 5.31. The Kier molecular flexibility index (Phi) is 3.62. The predicted octanol–water partition coefficient (Wildman–Crippen LogP) is 3.70. The highest BCUT2D eigenvalue weighted by Crippen LogP contribution is 2.26. The maximum atomic E-state index is 8.79. The lowest BCUT2D eigenvalue weighted by molar-refractivity contribution is 0.319. The summed E-state index contributed by atoms with van der Waals surface area (Å²) < 4.78 is 0. The number of rotatable bonds is 3. The van der Waals surface area contributed by atoms with Crippen molar-refractivity contribution in [2.45, 2.75) is 20.8 Å². The van der Waals surface area contributed by atoms with Crippen LogP contribution in [0.3, 0.4) is 0 Å². The van der Waals surface area contributed by atoms with Crippen LogP contribution in [0.2, 0.25) is 0 Å². The molecule has 1 aromatic heterocycles. The first-order valence-corrected chi connectivity index (χ1v) is 6.42. The lowest BCUT2D eigenvalue weighted by atomic mass is 10.2. The van der Waals surface area contributed by atoms with Crippen molar-refractivity contribution in [2.24, 2.45) is 5.16 Å².